The first-order valence-corrected chi connectivity index (χ1v) is 7.73. The van der Waals surface area contributed by atoms with Gasteiger partial charge in [0, 0.05) is 38.4 Å². The Labute approximate surface area is 130 Å². The maximum absolute atomic E-state index is 12.5. The van der Waals surface area contributed by atoms with Crippen molar-refractivity contribution in [2.75, 3.05) is 13.1 Å². The molecule has 0 saturated carbocycles. The van der Waals surface area contributed by atoms with Gasteiger partial charge in [-0.1, -0.05) is 6.92 Å². The third kappa shape index (κ3) is 3.03. The molecular formula is C15H22N6O. The molecule has 1 aliphatic heterocycles. The van der Waals surface area contributed by atoms with Crippen LogP contribution >= 0.6 is 0 Å². The van der Waals surface area contributed by atoms with Crippen LogP contribution in [0, 0.1) is 5.92 Å². The van der Waals surface area contributed by atoms with Crippen LogP contribution in [0.5, 0.6) is 0 Å². The number of carbonyl (C=O) groups excluding carboxylic acids is 1. The Bertz CT molecular complexity index is 612. The molecule has 118 valence electrons. The highest BCUT2D eigenvalue weighted by Crippen LogP contribution is 2.27. The summed E-state index contributed by atoms with van der Waals surface area (Å²) in [5.41, 5.74) is 0. The molecule has 2 aromatic rings. The molecule has 0 unspecified atom stereocenters. The van der Waals surface area contributed by atoms with Crippen molar-refractivity contribution in [2.24, 2.45) is 13.0 Å². The number of aromatic nitrogens is 5. The van der Waals surface area contributed by atoms with Gasteiger partial charge in [-0.2, -0.15) is 5.10 Å². The molecule has 3 rings (SSSR count). The quantitative estimate of drug-likeness (QED) is 0.846. The summed E-state index contributed by atoms with van der Waals surface area (Å²) in [6.07, 6.45) is 8.92. The zero-order valence-corrected chi connectivity index (χ0v) is 13.1. The lowest BCUT2D eigenvalue weighted by molar-refractivity contribution is -0.136. The summed E-state index contributed by atoms with van der Waals surface area (Å²) in [5, 5.41) is 4.06. The highest BCUT2D eigenvalue weighted by atomic mass is 16.2. The first-order valence-electron chi connectivity index (χ1n) is 7.73. The molecule has 0 N–H and O–H groups in total. The standard InChI is InChI=1S/C15H22N6O/c1-12(9-21-11-16-10-18-21)15(22)20-6-3-13(4-7-20)14-17-5-8-19(14)2/h5,8,10-13H,3-4,6-7,9H2,1-2H3/t12-/m1/s1. The summed E-state index contributed by atoms with van der Waals surface area (Å²) in [5.74, 6) is 1.71. The molecule has 0 aromatic carbocycles. The van der Waals surface area contributed by atoms with Crippen LogP contribution in [-0.2, 0) is 18.4 Å². The number of hydrogen-bond acceptors (Lipinski definition) is 4. The van der Waals surface area contributed by atoms with Crippen LogP contribution in [0.1, 0.15) is 31.5 Å². The third-order valence-corrected chi connectivity index (χ3v) is 4.38. The van der Waals surface area contributed by atoms with Gasteiger partial charge in [-0.15, -0.1) is 0 Å². The molecule has 7 heteroatoms. The van der Waals surface area contributed by atoms with Gasteiger partial charge >= 0.3 is 0 Å². The Morgan fingerprint density at radius 3 is 2.77 bits per heavy atom. The fourth-order valence-electron chi connectivity index (χ4n) is 3.13. The molecule has 0 spiro atoms. The minimum atomic E-state index is -0.0774. The number of carbonyl (C=O) groups is 1. The second-order valence-corrected chi connectivity index (χ2v) is 6.01. The van der Waals surface area contributed by atoms with Gasteiger partial charge in [-0.05, 0) is 12.8 Å². The Balaban J connectivity index is 1.54. The van der Waals surface area contributed by atoms with E-state index in [0.717, 1.165) is 31.8 Å². The number of rotatable bonds is 4. The van der Waals surface area contributed by atoms with E-state index in [1.54, 1.807) is 11.0 Å². The predicted molar refractivity (Wildman–Crippen MR) is 80.9 cm³/mol. The van der Waals surface area contributed by atoms with E-state index in [4.69, 9.17) is 0 Å². The van der Waals surface area contributed by atoms with Gasteiger partial charge in [0.15, 0.2) is 0 Å². The average molecular weight is 302 g/mol. The highest BCUT2D eigenvalue weighted by Gasteiger charge is 2.28. The molecule has 1 aliphatic rings. The van der Waals surface area contributed by atoms with Crippen LogP contribution in [0.2, 0.25) is 0 Å². The first-order chi connectivity index (χ1) is 10.6. The summed E-state index contributed by atoms with van der Waals surface area (Å²) in [4.78, 5) is 22.8. The molecule has 2 aromatic heterocycles. The molecule has 0 aliphatic carbocycles. The van der Waals surface area contributed by atoms with Crippen LogP contribution in [0.3, 0.4) is 0 Å². The number of aryl methyl sites for hydroxylation is 1. The first kappa shape index (κ1) is 14.7. The topological polar surface area (TPSA) is 68.8 Å². The van der Waals surface area contributed by atoms with Crippen molar-refractivity contribution in [3.05, 3.63) is 30.9 Å². The summed E-state index contributed by atoms with van der Waals surface area (Å²) in [7, 11) is 2.03. The van der Waals surface area contributed by atoms with Gasteiger partial charge in [0.1, 0.15) is 18.5 Å². The van der Waals surface area contributed by atoms with Gasteiger partial charge in [0.05, 0.1) is 12.5 Å². The Morgan fingerprint density at radius 1 is 1.41 bits per heavy atom. The smallest absolute Gasteiger partial charge is 0.227 e. The number of nitrogens with zero attached hydrogens (tertiary/aromatic N) is 6. The zero-order chi connectivity index (χ0) is 15.5. The van der Waals surface area contributed by atoms with E-state index in [1.165, 1.54) is 6.33 Å². The fraction of sp³-hybridized carbons (Fsp3) is 0.600. The molecular weight excluding hydrogens is 280 g/mol. The highest BCUT2D eigenvalue weighted by molar-refractivity contribution is 5.78. The minimum absolute atomic E-state index is 0.0774. The Hall–Kier alpha value is -2.18. The summed E-state index contributed by atoms with van der Waals surface area (Å²) in [6, 6.07) is 0. The molecule has 1 amide bonds. The third-order valence-electron chi connectivity index (χ3n) is 4.38. The number of likely N-dealkylation sites (tertiary alicyclic amines) is 1. The average Bonchev–Trinajstić information content (AvgIpc) is 3.18. The molecule has 1 saturated heterocycles. The van der Waals surface area contributed by atoms with E-state index in [-0.39, 0.29) is 11.8 Å². The summed E-state index contributed by atoms with van der Waals surface area (Å²) < 4.78 is 3.79. The van der Waals surface area contributed by atoms with E-state index < -0.39 is 0 Å². The molecule has 7 nitrogen and oxygen atoms in total. The van der Waals surface area contributed by atoms with Crippen LogP contribution in [0.25, 0.3) is 0 Å². The van der Waals surface area contributed by atoms with Crippen LogP contribution in [0.4, 0.5) is 0 Å². The normalized spacial score (nSPS) is 17.6. The van der Waals surface area contributed by atoms with Crippen molar-refractivity contribution in [1.82, 2.24) is 29.2 Å². The van der Waals surface area contributed by atoms with Crippen LogP contribution in [-0.4, -0.2) is 48.2 Å². The van der Waals surface area contributed by atoms with Gasteiger partial charge in [0.2, 0.25) is 5.91 Å². The largest absolute Gasteiger partial charge is 0.342 e. The lowest BCUT2D eigenvalue weighted by Crippen LogP contribution is -2.42. The van der Waals surface area contributed by atoms with E-state index in [1.807, 2.05) is 31.3 Å². The van der Waals surface area contributed by atoms with Gasteiger partial charge < -0.3 is 9.47 Å². The van der Waals surface area contributed by atoms with Crippen molar-refractivity contribution >= 4 is 5.91 Å². The van der Waals surface area contributed by atoms with Crippen LogP contribution < -0.4 is 0 Å². The number of hydrogen-bond donors (Lipinski definition) is 0. The summed E-state index contributed by atoms with van der Waals surface area (Å²) >= 11 is 0. The molecule has 1 fully saturated rings. The molecule has 1 atom stereocenters. The Kier molecular flexibility index (Phi) is 4.22. The monoisotopic (exact) mass is 302 g/mol. The number of imidazole rings is 1. The molecule has 0 radical (unpaired) electrons. The van der Waals surface area contributed by atoms with Gasteiger partial charge in [-0.3, -0.25) is 9.48 Å². The number of piperidine rings is 1. The van der Waals surface area contributed by atoms with Crippen LogP contribution in [0.15, 0.2) is 25.0 Å². The molecule has 0 bridgehead atoms. The Morgan fingerprint density at radius 2 is 2.18 bits per heavy atom. The zero-order valence-electron chi connectivity index (χ0n) is 13.1. The maximum atomic E-state index is 12.5. The minimum Gasteiger partial charge on any atom is -0.342 e. The lowest BCUT2D eigenvalue weighted by atomic mass is 9.95. The van der Waals surface area contributed by atoms with Crippen molar-refractivity contribution in [3.63, 3.8) is 0 Å². The second kappa shape index (κ2) is 6.29. The number of amides is 1. The fourth-order valence-corrected chi connectivity index (χ4v) is 3.13. The van der Waals surface area contributed by atoms with Crippen molar-refractivity contribution in [2.45, 2.75) is 32.2 Å². The van der Waals surface area contributed by atoms with Crippen molar-refractivity contribution in [1.29, 1.82) is 0 Å². The van der Waals surface area contributed by atoms with Gasteiger partial charge in [0.25, 0.3) is 0 Å². The molecule has 22 heavy (non-hydrogen) atoms. The van der Waals surface area contributed by atoms with E-state index in [9.17, 15) is 4.79 Å². The van der Waals surface area contributed by atoms with Crippen molar-refractivity contribution < 1.29 is 4.79 Å². The predicted octanol–water partition coefficient (Wildman–Crippen LogP) is 1.05. The SMILES string of the molecule is C[C@H](Cn1cncn1)C(=O)N1CCC(c2nccn2C)CC1. The van der Waals surface area contributed by atoms with Gasteiger partial charge in [-0.25, -0.2) is 9.97 Å². The van der Waals surface area contributed by atoms with E-state index >= 15 is 0 Å². The maximum Gasteiger partial charge on any atom is 0.227 e. The lowest BCUT2D eigenvalue weighted by Gasteiger charge is -2.33. The van der Waals surface area contributed by atoms with E-state index in [0.29, 0.717) is 12.5 Å². The second-order valence-electron chi connectivity index (χ2n) is 6.01. The van der Waals surface area contributed by atoms with E-state index in [2.05, 4.69) is 19.6 Å². The van der Waals surface area contributed by atoms with Crippen molar-refractivity contribution in [3.8, 4) is 0 Å². The summed E-state index contributed by atoms with van der Waals surface area (Å²) in [6.45, 7) is 4.14. The molecule has 3 heterocycles.